The van der Waals surface area contributed by atoms with E-state index in [1.165, 1.54) is 0 Å². The van der Waals surface area contributed by atoms with Gasteiger partial charge in [-0.25, -0.2) is 9.97 Å². The molecule has 1 aliphatic rings. The van der Waals surface area contributed by atoms with Gasteiger partial charge >= 0.3 is 0 Å². The molecule has 1 atom stereocenters. The fraction of sp³-hybridized carbons (Fsp3) is 0.538. The summed E-state index contributed by atoms with van der Waals surface area (Å²) < 4.78 is 2.01. The van der Waals surface area contributed by atoms with Crippen molar-refractivity contribution in [3.63, 3.8) is 0 Å². The topological polar surface area (TPSA) is 59.7 Å². The molecule has 1 saturated heterocycles. The zero-order valence-electron chi connectivity index (χ0n) is 11.3. The largest absolute Gasteiger partial charge is 0.356 e. The number of anilines is 1. The van der Waals surface area contributed by atoms with Crippen LogP contribution in [-0.4, -0.2) is 37.8 Å². The van der Waals surface area contributed by atoms with Gasteiger partial charge in [0, 0.05) is 32.3 Å². The molecular formula is C13H18N6. The van der Waals surface area contributed by atoms with Gasteiger partial charge in [0.05, 0.1) is 0 Å². The fourth-order valence-corrected chi connectivity index (χ4v) is 2.68. The third kappa shape index (κ3) is 2.43. The quantitative estimate of drug-likeness (QED) is 0.812. The van der Waals surface area contributed by atoms with Gasteiger partial charge in [-0.05, 0) is 25.8 Å². The average molecular weight is 258 g/mol. The summed E-state index contributed by atoms with van der Waals surface area (Å²) in [5.41, 5.74) is 0. The molecule has 1 unspecified atom stereocenters. The van der Waals surface area contributed by atoms with Crippen LogP contribution in [0.2, 0.25) is 0 Å². The zero-order chi connectivity index (χ0) is 13.2. The van der Waals surface area contributed by atoms with Crippen molar-refractivity contribution in [2.75, 3.05) is 18.0 Å². The van der Waals surface area contributed by atoms with Crippen LogP contribution in [0.1, 0.15) is 30.4 Å². The number of nitrogens with zero attached hydrogens (tertiary/aromatic N) is 6. The molecule has 2 aromatic rings. The molecule has 3 rings (SSSR count). The fourth-order valence-electron chi connectivity index (χ4n) is 2.68. The maximum Gasteiger partial charge on any atom is 0.137 e. The first-order chi connectivity index (χ1) is 9.24. The molecule has 0 saturated carbocycles. The first-order valence-corrected chi connectivity index (χ1v) is 6.62. The molecular weight excluding hydrogens is 240 g/mol. The van der Waals surface area contributed by atoms with E-state index in [1.54, 1.807) is 6.33 Å². The number of hydrogen-bond donors (Lipinski definition) is 0. The minimum atomic E-state index is 0.427. The van der Waals surface area contributed by atoms with E-state index in [0.717, 1.165) is 43.4 Å². The van der Waals surface area contributed by atoms with Gasteiger partial charge in [0.2, 0.25) is 0 Å². The summed E-state index contributed by atoms with van der Waals surface area (Å²) in [4.78, 5) is 11.0. The molecule has 100 valence electrons. The van der Waals surface area contributed by atoms with Gasteiger partial charge in [-0.15, -0.1) is 10.2 Å². The van der Waals surface area contributed by atoms with E-state index in [4.69, 9.17) is 0 Å². The summed E-state index contributed by atoms with van der Waals surface area (Å²) >= 11 is 0. The van der Waals surface area contributed by atoms with E-state index in [1.807, 2.05) is 30.8 Å². The highest BCUT2D eigenvalue weighted by Gasteiger charge is 2.25. The van der Waals surface area contributed by atoms with Gasteiger partial charge in [-0.2, -0.15) is 0 Å². The average Bonchev–Trinajstić information content (AvgIpc) is 2.85. The van der Waals surface area contributed by atoms with Gasteiger partial charge in [-0.3, -0.25) is 0 Å². The summed E-state index contributed by atoms with van der Waals surface area (Å²) in [6.45, 7) is 3.92. The number of piperidine rings is 1. The second-order valence-electron chi connectivity index (χ2n) is 5.05. The Morgan fingerprint density at radius 2 is 2.26 bits per heavy atom. The third-order valence-corrected chi connectivity index (χ3v) is 3.62. The monoisotopic (exact) mass is 258 g/mol. The van der Waals surface area contributed by atoms with Crippen molar-refractivity contribution < 1.29 is 0 Å². The summed E-state index contributed by atoms with van der Waals surface area (Å²) in [5, 5.41) is 8.22. The smallest absolute Gasteiger partial charge is 0.137 e. The first kappa shape index (κ1) is 12.1. The van der Waals surface area contributed by atoms with Crippen molar-refractivity contribution in [1.82, 2.24) is 24.7 Å². The molecule has 0 aromatic carbocycles. The predicted molar refractivity (Wildman–Crippen MR) is 72.0 cm³/mol. The first-order valence-electron chi connectivity index (χ1n) is 6.62. The van der Waals surface area contributed by atoms with Crippen LogP contribution >= 0.6 is 0 Å². The molecule has 19 heavy (non-hydrogen) atoms. The molecule has 0 N–H and O–H groups in total. The highest BCUT2D eigenvalue weighted by molar-refractivity contribution is 5.38. The number of hydrogen-bond acceptors (Lipinski definition) is 5. The lowest BCUT2D eigenvalue weighted by atomic mass is 9.97. The molecule has 0 bridgehead atoms. The second-order valence-corrected chi connectivity index (χ2v) is 5.05. The predicted octanol–water partition coefficient (Wildman–Crippen LogP) is 1.30. The second kappa shape index (κ2) is 4.95. The maximum atomic E-state index is 4.51. The highest BCUT2D eigenvalue weighted by Crippen LogP contribution is 2.27. The Bertz CT molecular complexity index is 564. The van der Waals surface area contributed by atoms with Gasteiger partial charge in [-0.1, -0.05) is 0 Å². The number of aromatic nitrogens is 5. The minimum Gasteiger partial charge on any atom is -0.356 e. The van der Waals surface area contributed by atoms with Crippen LogP contribution in [-0.2, 0) is 7.05 Å². The Morgan fingerprint density at radius 1 is 1.37 bits per heavy atom. The molecule has 0 spiro atoms. The minimum absolute atomic E-state index is 0.427. The Kier molecular flexibility index (Phi) is 3.15. The molecule has 1 aliphatic heterocycles. The summed E-state index contributed by atoms with van der Waals surface area (Å²) in [6, 6.07) is 1.98. The molecule has 6 heteroatoms. The van der Waals surface area contributed by atoms with Crippen LogP contribution in [0.5, 0.6) is 0 Å². The Balaban J connectivity index is 1.80. The SMILES string of the molecule is Cc1nccc(N2CCCC(c3nncn3C)C2)n1. The summed E-state index contributed by atoms with van der Waals surface area (Å²) in [5.74, 6) is 3.32. The maximum absolute atomic E-state index is 4.51. The van der Waals surface area contributed by atoms with Gasteiger partial charge in [0.15, 0.2) is 0 Å². The highest BCUT2D eigenvalue weighted by atomic mass is 15.3. The number of aryl methyl sites for hydroxylation is 2. The Labute approximate surface area is 112 Å². The van der Waals surface area contributed by atoms with Crippen molar-refractivity contribution in [3.8, 4) is 0 Å². The van der Waals surface area contributed by atoms with Crippen molar-refractivity contribution in [2.24, 2.45) is 7.05 Å². The number of rotatable bonds is 2. The molecule has 6 nitrogen and oxygen atoms in total. The lowest BCUT2D eigenvalue weighted by Crippen LogP contribution is -2.35. The molecule has 0 aliphatic carbocycles. The molecule has 0 radical (unpaired) electrons. The van der Waals surface area contributed by atoms with E-state index in [2.05, 4.69) is 25.1 Å². The summed E-state index contributed by atoms with van der Waals surface area (Å²) in [7, 11) is 2.00. The molecule has 1 fully saturated rings. The van der Waals surface area contributed by atoms with Crippen LogP contribution < -0.4 is 4.90 Å². The summed E-state index contributed by atoms with van der Waals surface area (Å²) in [6.07, 6.45) is 5.90. The zero-order valence-corrected chi connectivity index (χ0v) is 11.3. The van der Waals surface area contributed by atoms with Crippen LogP contribution in [0.15, 0.2) is 18.6 Å². The third-order valence-electron chi connectivity index (χ3n) is 3.62. The van der Waals surface area contributed by atoms with Gasteiger partial charge in [0.25, 0.3) is 0 Å². The van der Waals surface area contributed by atoms with Crippen molar-refractivity contribution in [1.29, 1.82) is 0 Å². The van der Waals surface area contributed by atoms with Crippen LogP contribution in [0.3, 0.4) is 0 Å². The van der Waals surface area contributed by atoms with Crippen molar-refractivity contribution >= 4 is 5.82 Å². The van der Waals surface area contributed by atoms with Crippen LogP contribution in [0.25, 0.3) is 0 Å². The Hall–Kier alpha value is -1.98. The lowest BCUT2D eigenvalue weighted by molar-refractivity contribution is 0.477. The normalized spacial score (nSPS) is 19.7. The molecule has 3 heterocycles. The van der Waals surface area contributed by atoms with Crippen LogP contribution in [0, 0.1) is 6.92 Å². The molecule has 2 aromatic heterocycles. The van der Waals surface area contributed by atoms with Crippen molar-refractivity contribution in [3.05, 3.63) is 30.2 Å². The van der Waals surface area contributed by atoms with E-state index in [0.29, 0.717) is 5.92 Å². The molecule has 0 amide bonds. The van der Waals surface area contributed by atoms with E-state index < -0.39 is 0 Å². The Morgan fingerprint density at radius 3 is 3.00 bits per heavy atom. The lowest BCUT2D eigenvalue weighted by Gasteiger charge is -2.33. The van der Waals surface area contributed by atoms with E-state index in [9.17, 15) is 0 Å². The van der Waals surface area contributed by atoms with E-state index >= 15 is 0 Å². The van der Waals surface area contributed by atoms with Gasteiger partial charge < -0.3 is 9.47 Å². The van der Waals surface area contributed by atoms with Crippen molar-refractivity contribution in [2.45, 2.75) is 25.7 Å². The van der Waals surface area contributed by atoms with Crippen LogP contribution in [0.4, 0.5) is 5.82 Å². The standard InChI is InChI=1S/C13H18N6/c1-10-14-6-5-12(16-10)19-7-3-4-11(8-19)13-17-15-9-18(13)2/h5-6,9,11H,3-4,7-8H2,1-2H3. The van der Waals surface area contributed by atoms with Gasteiger partial charge in [0.1, 0.15) is 23.8 Å². The van der Waals surface area contributed by atoms with E-state index in [-0.39, 0.29) is 0 Å².